The van der Waals surface area contributed by atoms with E-state index < -0.39 is 11.2 Å². The Hall–Kier alpha value is -4.34. The Bertz CT molecular complexity index is 1540. The molecular weight excluding hydrogens is 462 g/mol. The van der Waals surface area contributed by atoms with E-state index in [1.54, 1.807) is 17.9 Å². The lowest BCUT2D eigenvalue weighted by atomic mass is 10.2. The molecule has 3 heterocycles. The van der Waals surface area contributed by atoms with Crippen LogP contribution in [0.1, 0.15) is 18.1 Å². The fourth-order valence-corrected chi connectivity index (χ4v) is 4.33. The van der Waals surface area contributed by atoms with Crippen molar-refractivity contribution < 1.29 is 14.3 Å². The van der Waals surface area contributed by atoms with Crippen molar-refractivity contribution in [2.75, 3.05) is 20.3 Å². The van der Waals surface area contributed by atoms with Crippen LogP contribution >= 0.6 is 0 Å². The molecule has 0 saturated heterocycles. The molecule has 0 radical (unpaired) electrons. The van der Waals surface area contributed by atoms with Gasteiger partial charge in [-0.1, -0.05) is 36.4 Å². The molecule has 36 heavy (non-hydrogen) atoms. The number of carbonyl (C=O) groups is 1. The molecule has 4 aromatic rings. The van der Waals surface area contributed by atoms with Crippen LogP contribution in [0.2, 0.25) is 0 Å². The summed E-state index contributed by atoms with van der Waals surface area (Å²) in [5.74, 6) is 0.945. The smallest absolute Gasteiger partial charge is 0.333 e. The molecule has 5 rings (SSSR count). The van der Waals surface area contributed by atoms with Crippen molar-refractivity contribution in [2.24, 2.45) is 0 Å². The molecule has 2 aromatic carbocycles. The lowest BCUT2D eigenvalue weighted by Crippen LogP contribution is -2.44. The number of hydrogen-bond donors (Lipinski definition) is 0. The van der Waals surface area contributed by atoms with E-state index in [4.69, 9.17) is 9.47 Å². The molecule has 0 unspecified atom stereocenters. The van der Waals surface area contributed by atoms with Gasteiger partial charge in [-0.3, -0.25) is 14.2 Å². The number of imidazole rings is 1. The third-order valence-electron chi connectivity index (χ3n) is 6.25. The van der Waals surface area contributed by atoms with Gasteiger partial charge in [0.25, 0.3) is 5.56 Å². The predicted molar refractivity (Wildman–Crippen MR) is 133 cm³/mol. The van der Waals surface area contributed by atoms with E-state index in [1.165, 1.54) is 9.47 Å². The van der Waals surface area contributed by atoms with E-state index >= 15 is 0 Å². The molecule has 1 aliphatic heterocycles. The summed E-state index contributed by atoms with van der Waals surface area (Å²) in [4.78, 5) is 45.8. The Morgan fingerprint density at radius 2 is 1.75 bits per heavy atom. The Morgan fingerprint density at radius 3 is 2.50 bits per heavy atom. The van der Waals surface area contributed by atoms with Crippen molar-refractivity contribution in [3.63, 3.8) is 0 Å². The van der Waals surface area contributed by atoms with Gasteiger partial charge in [0, 0.05) is 20.1 Å². The van der Waals surface area contributed by atoms with E-state index in [0.29, 0.717) is 42.4 Å². The van der Waals surface area contributed by atoms with Gasteiger partial charge >= 0.3 is 5.69 Å². The van der Waals surface area contributed by atoms with E-state index in [0.717, 1.165) is 15.7 Å². The standard InChI is InChI=1S/C26H27N5O5/c1-3-29-17-27-24-23(29)25(33)31(26(34)30(24)15-18-7-5-4-6-8-18)16-22(32)28(2)14-19-9-10-20-21(13-19)36-12-11-35-20/h4-10,13,17H,3,11-12,14-16H2,1-2H3. The fourth-order valence-electron chi connectivity index (χ4n) is 4.33. The monoisotopic (exact) mass is 489 g/mol. The molecule has 0 aliphatic carbocycles. The number of ether oxygens (including phenoxy) is 2. The molecular formula is C26H27N5O5. The molecule has 0 atom stereocenters. The van der Waals surface area contributed by atoms with Crippen LogP contribution in [0.3, 0.4) is 0 Å². The molecule has 1 amide bonds. The lowest BCUT2D eigenvalue weighted by Gasteiger charge is -2.21. The molecule has 10 heteroatoms. The minimum absolute atomic E-state index is 0.235. The Morgan fingerprint density at radius 1 is 1.00 bits per heavy atom. The quantitative estimate of drug-likeness (QED) is 0.393. The summed E-state index contributed by atoms with van der Waals surface area (Å²) in [6, 6.07) is 15.0. The predicted octanol–water partition coefficient (Wildman–Crippen LogP) is 1.86. The highest BCUT2D eigenvalue weighted by Gasteiger charge is 2.21. The van der Waals surface area contributed by atoms with Gasteiger partial charge in [0.2, 0.25) is 5.91 Å². The maximum absolute atomic E-state index is 13.5. The van der Waals surface area contributed by atoms with Gasteiger partial charge in [-0.2, -0.15) is 0 Å². The van der Waals surface area contributed by atoms with Gasteiger partial charge in [-0.15, -0.1) is 0 Å². The molecule has 10 nitrogen and oxygen atoms in total. The molecule has 2 aromatic heterocycles. The van der Waals surface area contributed by atoms with E-state index in [9.17, 15) is 14.4 Å². The Kier molecular flexibility index (Phi) is 6.32. The summed E-state index contributed by atoms with van der Waals surface area (Å²) in [7, 11) is 1.64. The number of carbonyl (C=O) groups excluding carboxylic acids is 1. The molecule has 186 valence electrons. The normalized spacial score (nSPS) is 12.6. The lowest BCUT2D eigenvalue weighted by molar-refractivity contribution is -0.131. The van der Waals surface area contributed by atoms with E-state index in [1.807, 2.05) is 55.5 Å². The van der Waals surface area contributed by atoms with Crippen molar-refractivity contribution in [1.82, 2.24) is 23.6 Å². The number of likely N-dealkylation sites (N-methyl/N-ethyl adjacent to an activating group) is 1. The first-order valence-electron chi connectivity index (χ1n) is 11.8. The highest BCUT2D eigenvalue weighted by Crippen LogP contribution is 2.31. The van der Waals surface area contributed by atoms with Gasteiger partial charge < -0.3 is 18.9 Å². The van der Waals surface area contributed by atoms with Crippen LogP contribution in [0.15, 0.2) is 64.4 Å². The second-order valence-corrected chi connectivity index (χ2v) is 8.68. The van der Waals surface area contributed by atoms with Gasteiger partial charge in [0.15, 0.2) is 22.7 Å². The third-order valence-corrected chi connectivity index (χ3v) is 6.25. The zero-order chi connectivity index (χ0) is 25.2. The first-order valence-corrected chi connectivity index (χ1v) is 11.8. The summed E-state index contributed by atoms with van der Waals surface area (Å²) in [5, 5.41) is 0. The van der Waals surface area contributed by atoms with Gasteiger partial charge in [-0.25, -0.2) is 14.3 Å². The minimum atomic E-state index is -0.571. The average Bonchev–Trinajstić information content (AvgIpc) is 3.34. The first kappa shape index (κ1) is 23.4. The van der Waals surface area contributed by atoms with Crippen LogP contribution < -0.4 is 20.7 Å². The van der Waals surface area contributed by atoms with Crippen LogP contribution in [0, 0.1) is 0 Å². The van der Waals surface area contributed by atoms with E-state index in [-0.39, 0.29) is 25.5 Å². The van der Waals surface area contributed by atoms with Crippen molar-refractivity contribution in [3.8, 4) is 11.5 Å². The number of rotatable bonds is 7. The number of nitrogens with zero attached hydrogens (tertiary/aromatic N) is 5. The zero-order valence-electron chi connectivity index (χ0n) is 20.2. The zero-order valence-corrected chi connectivity index (χ0v) is 20.2. The van der Waals surface area contributed by atoms with Gasteiger partial charge in [0.1, 0.15) is 19.8 Å². The second-order valence-electron chi connectivity index (χ2n) is 8.68. The second kappa shape index (κ2) is 9.73. The number of aromatic nitrogens is 4. The maximum Gasteiger partial charge on any atom is 0.333 e. The summed E-state index contributed by atoms with van der Waals surface area (Å²) in [5.41, 5.74) is 1.25. The highest BCUT2D eigenvalue weighted by atomic mass is 16.6. The molecule has 0 bridgehead atoms. The summed E-state index contributed by atoms with van der Waals surface area (Å²) < 4.78 is 15.3. The summed E-state index contributed by atoms with van der Waals surface area (Å²) in [6.07, 6.45) is 1.55. The largest absolute Gasteiger partial charge is 0.486 e. The first-order chi connectivity index (χ1) is 17.5. The highest BCUT2D eigenvalue weighted by molar-refractivity contribution is 5.76. The maximum atomic E-state index is 13.5. The van der Waals surface area contributed by atoms with Crippen LogP contribution in [0.5, 0.6) is 11.5 Å². The number of amides is 1. The SMILES string of the molecule is CCn1cnc2c1c(=O)n(CC(=O)N(C)Cc1ccc3c(c1)OCCO3)c(=O)n2Cc1ccccc1. The average molecular weight is 490 g/mol. The van der Waals surface area contributed by atoms with Crippen LogP contribution in [-0.2, 0) is 31.0 Å². The topological polar surface area (TPSA) is 101 Å². The molecule has 0 spiro atoms. The minimum Gasteiger partial charge on any atom is -0.486 e. The number of hydrogen-bond acceptors (Lipinski definition) is 6. The van der Waals surface area contributed by atoms with Crippen LogP contribution in [-0.4, -0.2) is 49.8 Å². The summed E-state index contributed by atoms with van der Waals surface area (Å²) in [6.45, 7) is 3.52. The fraction of sp³-hybridized carbons (Fsp3) is 0.308. The van der Waals surface area contributed by atoms with Crippen LogP contribution in [0.25, 0.3) is 11.2 Å². The van der Waals surface area contributed by atoms with Gasteiger partial charge in [0.05, 0.1) is 12.9 Å². The Labute approximate surface area is 206 Å². The summed E-state index contributed by atoms with van der Waals surface area (Å²) >= 11 is 0. The third kappa shape index (κ3) is 4.37. The van der Waals surface area contributed by atoms with Crippen molar-refractivity contribution in [3.05, 3.63) is 86.8 Å². The molecule has 0 N–H and O–H groups in total. The Balaban J connectivity index is 1.46. The van der Waals surface area contributed by atoms with Crippen molar-refractivity contribution in [2.45, 2.75) is 33.1 Å². The van der Waals surface area contributed by atoms with E-state index in [2.05, 4.69) is 4.98 Å². The number of aryl methyl sites for hydroxylation is 1. The number of benzene rings is 2. The molecule has 0 fully saturated rings. The molecule has 0 saturated carbocycles. The van der Waals surface area contributed by atoms with Crippen molar-refractivity contribution >= 4 is 17.1 Å². The van der Waals surface area contributed by atoms with Crippen molar-refractivity contribution in [1.29, 1.82) is 0 Å². The number of fused-ring (bicyclic) bond motifs is 2. The van der Waals surface area contributed by atoms with Gasteiger partial charge in [-0.05, 0) is 30.2 Å². The van der Waals surface area contributed by atoms with Crippen LogP contribution in [0.4, 0.5) is 0 Å². The molecule has 1 aliphatic rings.